The number of halogens is 2. The second-order valence-corrected chi connectivity index (χ2v) is 6.78. The van der Waals surface area contributed by atoms with Gasteiger partial charge in [-0.15, -0.1) is 0 Å². The fraction of sp³-hybridized carbons (Fsp3) is 0.350. The van der Waals surface area contributed by atoms with Gasteiger partial charge in [-0.1, -0.05) is 48.9 Å². The van der Waals surface area contributed by atoms with Gasteiger partial charge < -0.3 is 10.6 Å². The molecule has 0 aromatic heterocycles. The number of likely N-dealkylation sites (tertiary alicyclic amines) is 1. The summed E-state index contributed by atoms with van der Waals surface area (Å²) in [6, 6.07) is 13.7. The molecule has 1 aliphatic heterocycles. The molecule has 2 aromatic carbocycles. The lowest BCUT2D eigenvalue weighted by atomic mass is 9.84. The van der Waals surface area contributed by atoms with Crippen LogP contribution in [-0.4, -0.2) is 23.9 Å². The van der Waals surface area contributed by atoms with Crippen molar-refractivity contribution >= 4 is 5.91 Å². The summed E-state index contributed by atoms with van der Waals surface area (Å²) in [5.74, 6) is -2.84. The molecule has 5 heteroatoms. The predicted molar refractivity (Wildman–Crippen MR) is 93.5 cm³/mol. The highest BCUT2D eigenvalue weighted by Crippen LogP contribution is 2.39. The van der Waals surface area contributed by atoms with Gasteiger partial charge in [0.1, 0.15) is 0 Å². The van der Waals surface area contributed by atoms with E-state index < -0.39 is 12.5 Å². The van der Waals surface area contributed by atoms with Crippen LogP contribution in [0.2, 0.25) is 0 Å². The summed E-state index contributed by atoms with van der Waals surface area (Å²) >= 11 is 0. The number of hydrogen-bond acceptors (Lipinski definition) is 2. The molecule has 2 atom stereocenters. The molecular formula is C20H22F2N2O. The lowest BCUT2D eigenvalue weighted by molar-refractivity contribution is 0.00575. The molecule has 0 bridgehead atoms. The molecule has 1 fully saturated rings. The van der Waals surface area contributed by atoms with Gasteiger partial charge in [-0.2, -0.15) is 8.78 Å². The van der Waals surface area contributed by atoms with Crippen LogP contribution >= 0.6 is 0 Å². The van der Waals surface area contributed by atoms with Gasteiger partial charge in [-0.05, 0) is 30.5 Å². The molecule has 132 valence electrons. The first-order valence-electron chi connectivity index (χ1n) is 8.39. The molecule has 1 aliphatic rings. The highest BCUT2D eigenvalue weighted by molar-refractivity contribution is 5.95. The van der Waals surface area contributed by atoms with E-state index in [9.17, 15) is 13.6 Å². The van der Waals surface area contributed by atoms with Gasteiger partial charge in [0.05, 0.1) is 12.6 Å². The van der Waals surface area contributed by atoms with Crippen molar-refractivity contribution in [3.8, 4) is 0 Å². The van der Waals surface area contributed by atoms with Crippen LogP contribution in [0, 0.1) is 12.8 Å². The average Bonchev–Trinajstić information content (AvgIpc) is 2.61. The Morgan fingerprint density at radius 1 is 1.16 bits per heavy atom. The van der Waals surface area contributed by atoms with Crippen molar-refractivity contribution in [2.24, 2.45) is 11.7 Å². The summed E-state index contributed by atoms with van der Waals surface area (Å²) in [6.45, 7) is 4.05. The molecule has 1 saturated heterocycles. The minimum atomic E-state index is -3.07. The predicted octanol–water partition coefficient (Wildman–Crippen LogP) is 3.88. The third kappa shape index (κ3) is 3.29. The van der Waals surface area contributed by atoms with E-state index in [0.29, 0.717) is 18.0 Å². The van der Waals surface area contributed by atoms with Crippen molar-refractivity contribution in [1.29, 1.82) is 0 Å². The summed E-state index contributed by atoms with van der Waals surface area (Å²) in [4.78, 5) is 14.6. The van der Waals surface area contributed by atoms with Gasteiger partial charge in [0.25, 0.3) is 11.8 Å². The number of amides is 1. The van der Waals surface area contributed by atoms with Crippen LogP contribution in [-0.2, 0) is 5.92 Å². The highest BCUT2D eigenvalue weighted by Gasteiger charge is 2.40. The Morgan fingerprint density at radius 2 is 1.76 bits per heavy atom. The fourth-order valence-corrected chi connectivity index (χ4v) is 3.31. The largest absolute Gasteiger partial charge is 0.331 e. The average molecular weight is 344 g/mol. The van der Waals surface area contributed by atoms with Crippen molar-refractivity contribution in [2.75, 3.05) is 13.1 Å². The molecule has 0 radical (unpaired) electrons. The topological polar surface area (TPSA) is 46.3 Å². The molecule has 25 heavy (non-hydrogen) atoms. The van der Waals surface area contributed by atoms with Gasteiger partial charge in [-0.3, -0.25) is 4.79 Å². The van der Waals surface area contributed by atoms with E-state index in [0.717, 1.165) is 5.56 Å². The molecule has 0 saturated carbocycles. The number of nitrogens with zero attached hydrogens (tertiary/aromatic N) is 1. The Balaban J connectivity index is 1.79. The van der Waals surface area contributed by atoms with Crippen LogP contribution in [0.3, 0.4) is 0 Å². The maximum atomic E-state index is 13.6. The SMILES string of the molecule is Cc1ccc([C@H]2[C@H](C)CN2C(=O)c2ccc(C(F)(F)CN)cc2)cc1. The molecule has 2 N–H and O–H groups in total. The monoisotopic (exact) mass is 344 g/mol. The number of benzene rings is 2. The normalized spacial score (nSPS) is 20.3. The number of alkyl halides is 2. The van der Waals surface area contributed by atoms with Gasteiger partial charge in [0.15, 0.2) is 0 Å². The van der Waals surface area contributed by atoms with Gasteiger partial charge in [0.2, 0.25) is 0 Å². The van der Waals surface area contributed by atoms with Crippen molar-refractivity contribution in [3.63, 3.8) is 0 Å². The van der Waals surface area contributed by atoms with Crippen molar-refractivity contribution in [3.05, 3.63) is 70.8 Å². The fourth-order valence-electron chi connectivity index (χ4n) is 3.31. The Bertz CT molecular complexity index is 756. The van der Waals surface area contributed by atoms with Crippen LogP contribution in [0.4, 0.5) is 8.78 Å². The van der Waals surface area contributed by atoms with Gasteiger partial charge in [0, 0.05) is 17.7 Å². The summed E-state index contributed by atoms with van der Waals surface area (Å²) in [5, 5.41) is 0. The van der Waals surface area contributed by atoms with E-state index in [2.05, 4.69) is 6.92 Å². The van der Waals surface area contributed by atoms with E-state index in [1.165, 1.54) is 29.8 Å². The van der Waals surface area contributed by atoms with Crippen molar-refractivity contribution in [1.82, 2.24) is 4.90 Å². The summed E-state index contributed by atoms with van der Waals surface area (Å²) in [6.07, 6.45) is 0. The second kappa shape index (κ2) is 6.56. The Morgan fingerprint density at radius 3 is 2.28 bits per heavy atom. The Kier molecular flexibility index (Phi) is 4.60. The van der Waals surface area contributed by atoms with E-state index >= 15 is 0 Å². The van der Waals surface area contributed by atoms with E-state index in [1.807, 2.05) is 31.2 Å². The van der Waals surface area contributed by atoms with Crippen LogP contribution in [0.15, 0.2) is 48.5 Å². The Hall–Kier alpha value is -2.27. The van der Waals surface area contributed by atoms with Crippen LogP contribution in [0.5, 0.6) is 0 Å². The zero-order valence-electron chi connectivity index (χ0n) is 14.4. The Labute approximate surface area is 146 Å². The van der Waals surface area contributed by atoms with Crippen LogP contribution in [0.25, 0.3) is 0 Å². The first-order chi connectivity index (χ1) is 11.8. The quantitative estimate of drug-likeness (QED) is 0.915. The third-order valence-corrected chi connectivity index (χ3v) is 4.85. The smallest absolute Gasteiger partial charge is 0.285 e. The number of carbonyl (C=O) groups is 1. The molecule has 0 spiro atoms. The molecular weight excluding hydrogens is 322 g/mol. The van der Waals surface area contributed by atoms with E-state index in [1.54, 1.807) is 4.90 Å². The maximum absolute atomic E-state index is 13.6. The van der Waals surface area contributed by atoms with Crippen LogP contribution in [0.1, 0.15) is 40.0 Å². The van der Waals surface area contributed by atoms with Crippen molar-refractivity contribution in [2.45, 2.75) is 25.8 Å². The number of carbonyl (C=O) groups excluding carboxylic acids is 1. The highest BCUT2D eigenvalue weighted by atomic mass is 19.3. The summed E-state index contributed by atoms with van der Waals surface area (Å²) < 4.78 is 27.2. The zero-order chi connectivity index (χ0) is 18.2. The minimum Gasteiger partial charge on any atom is -0.331 e. The lowest BCUT2D eigenvalue weighted by Gasteiger charge is -2.47. The van der Waals surface area contributed by atoms with Crippen molar-refractivity contribution < 1.29 is 13.6 Å². The molecule has 1 amide bonds. The number of nitrogens with two attached hydrogens (primary N) is 1. The molecule has 2 aromatic rings. The molecule has 0 unspecified atom stereocenters. The maximum Gasteiger partial charge on any atom is 0.285 e. The standard InChI is InChI=1S/C20H22F2N2O/c1-13-3-5-15(6-4-13)18-14(2)11-24(18)19(25)16-7-9-17(10-8-16)20(21,22)12-23/h3-10,14,18H,11-12,23H2,1-2H3/t14-,18-/m1/s1. The van der Waals surface area contributed by atoms with E-state index in [-0.39, 0.29) is 17.5 Å². The molecule has 3 rings (SSSR count). The number of aryl methyl sites for hydroxylation is 1. The molecule has 3 nitrogen and oxygen atoms in total. The molecule has 1 heterocycles. The van der Waals surface area contributed by atoms with Crippen LogP contribution < -0.4 is 5.73 Å². The first kappa shape index (κ1) is 17.5. The zero-order valence-corrected chi connectivity index (χ0v) is 14.4. The summed E-state index contributed by atoms with van der Waals surface area (Å²) in [7, 11) is 0. The van der Waals surface area contributed by atoms with E-state index in [4.69, 9.17) is 5.73 Å². The number of rotatable bonds is 4. The summed E-state index contributed by atoms with van der Waals surface area (Å²) in [5.41, 5.74) is 7.62. The minimum absolute atomic E-state index is 0.0262. The number of hydrogen-bond donors (Lipinski definition) is 1. The van der Waals surface area contributed by atoms with Gasteiger partial charge >= 0.3 is 0 Å². The third-order valence-electron chi connectivity index (χ3n) is 4.85. The lowest BCUT2D eigenvalue weighted by Crippen LogP contribution is -2.51. The first-order valence-corrected chi connectivity index (χ1v) is 8.39. The second-order valence-electron chi connectivity index (χ2n) is 6.78. The van der Waals surface area contributed by atoms with Gasteiger partial charge in [-0.25, -0.2) is 0 Å². The molecule has 0 aliphatic carbocycles.